The summed E-state index contributed by atoms with van der Waals surface area (Å²) in [6, 6.07) is 4.86. The molecule has 1 saturated heterocycles. The Balaban J connectivity index is 1.90. The number of carboxylic acid groups (broad SMARTS) is 1. The highest BCUT2D eigenvalue weighted by Gasteiger charge is 2.25. The van der Waals surface area contributed by atoms with Crippen LogP contribution in [0, 0.1) is 0 Å². The van der Waals surface area contributed by atoms with Crippen LogP contribution in [-0.2, 0) is 14.8 Å². The van der Waals surface area contributed by atoms with Crippen molar-refractivity contribution in [3.05, 3.63) is 33.8 Å². The first-order valence-corrected chi connectivity index (χ1v) is 10.7. The summed E-state index contributed by atoms with van der Waals surface area (Å²) in [6.07, 6.45) is 3.06. The Morgan fingerprint density at radius 1 is 1.32 bits per heavy atom. The Hall–Kier alpha value is -0.860. The van der Waals surface area contributed by atoms with E-state index >= 15 is 0 Å². The van der Waals surface area contributed by atoms with Gasteiger partial charge in [-0.3, -0.25) is 4.79 Å². The molecule has 0 amide bonds. The van der Waals surface area contributed by atoms with E-state index in [2.05, 4.69) is 9.62 Å². The van der Waals surface area contributed by atoms with Crippen LogP contribution >= 0.6 is 23.2 Å². The number of carbonyl (C=O) groups is 1. The molecule has 140 valence electrons. The van der Waals surface area contributed by atoms with Crippen molar-refractivity contribution >= 4 is 39.2 Å². The summed E-state index contributed by atoms with van der Waals surface area (Å²) in [5.41, 5.74) is 0.635. The fourth-order valence-electron chi connectivity index (χ4n) is 3.05. The predicted molar refractivity (Wildman–Crippen MR) is 98.9 cm³/mol. The average Bonchev–Trinajstić information content (AvgIpc) is 2.51. The number of nitrogens with one attached hydrogen (secondary N) is 1. The fraction of sp³-hybridized carbons (Fsp3) is 0.562. The molecule has 1 unspecified atom stereocenters. The van der Waals surface area contributed by atoms with E-state index in [4.69, 9.17) is 23.2 Å². The summed E-state index contributed by atoms with van der Waals surface area (Å²) < 4.78 is 25.2. The van der Waals surface area contributed by atoms with E-state index in [1.807, 2.05) is 0 Å². The van der Waals surface area contributed by atoms with Crippen molar-refractivity contribution in [2.45, 2.75) is 31.2 Å². The van der Waals surface area contributed by atoms with Gasteiger partial charge < -0.3 is 10.0 Å². The number of piperidine rings is 1. The van der Waals surface area contributed by atoms with Crippen molar-refractivity contribution < 1.29 is 18.3 Å². The van der Waals surface area contributed by atoms with Crippen molar-refractivity contribution in [3.8, 4) is 0 Å². The Kier molecular flexibility index (Phi) is 7.10. The third kappa shape index (κ3) is 6.42. The van der Waals surface area contributed by atoms with Crippen molar-refractivity contribution in [1.29, 1.82) is 0 Å². The summed E-state index contributed by atoms with van der Waals surface area (Å²) in [6.45, 7) is 2.10. The molecule has 1 atom stereocenters. The summed E-state index contributed by atoms with van der Waals surface area (Å²) in [7, 11) is -3.19. The van der Waals surface area contributed by atoms with Gasteiger partial charge in [0.2, 0.25) is 10.0 Å². The average molecular weight is 409 g/mol. The topological polar surface area (TPSA) is 86.7 Å². The molecule has 0 radical (unpaired) electrons. The van der Waals surface area contributed by atoms with Crippen LogP contribution < -0.4 is 4.72 Å². The van der Waals surface area contributed by atoms with Crippen LogP contribution in [0.15, 0.2) is 18.2 Å². The Bertz CT molecular complexity index is 719. The largest absolute Gasteiger partial charge is 0.481 e. The van der Waals surface area contributed by atoms with Crippen molar-refractivity contribution in [3.63, 3.8) is 0 Å². The summed E-state index contributed by atoms with van der Waals surface area (Å²) in [5.74, 6) is -1.55. The lowest BCUT2D eigenvalue weighted by molar-refractivity contribution is -0.139. The first-order valence-electron chi connectivity index (χ1n) is 8.03. The lowest BCUT2D eigenvalue weighted by atomic mass is 9.95. The molecule has 0 saturated carbocycles. The lowest BCUT2D eigenvalue weighted by Gasteiger charge is -2.32. The molecule has 1 aliphatic heterocycles. The zero-order valence-electron chi connectivity index (χ0n) is 13.9. The molecule has 1 fully saturated rings. The second-order valence-electron chi connectivity index (χ2n) is 6.36. The highest BCUT2D eigenvalue weighted by molar-refractivity contribution is 7.88. The van der Waals surface area contributed by atoms with Crippen LogP contribution in [0.3, 0.4) is 0 Å². The third-order valence-electron chi connectivity index (χ3n) is 4.35. The number of nitrogens with zero attached hydrogens (tertiary/aromatic N) is 1. The SMILES string of the molecule is CS(=O)(=O)NC1CCN(CCC(C(=O)O)c2ccc(Cl)c(Cl)c2)CC1. The molecule has 1 aromatic rings. The molecular weight excluding hydrogens is 387 g/mol. The minimum Gasteiger partial charge on any atom is -0.481 e. The molecule has 9 heteroatoms. The molecule has 1 aromatic carbocycles. The molecule has 0 aliphatic carbocycles. The van der Waals surface area contributed by atoms with E-state index in [1.54, 1.807) is 18.2 Å². The fourth-order valence-corrected chi connectivity index (χ4v) is 4.20. The van der Waals surface area contributed by atoms with E-state index < -0.39 is 21.9 Å². The molecule has 1 aliphatic rings. The number of likely N-dealkylation sites (tertiary alicyclic amines) is 1. The number of carboxylic acids is 1. The van der Waals surface area contributed by atoms with Gasteiger partial charge in [0.05, 0.1) is 22.2 Å². The quantitative estimate of drug-likeness (QED) is 0.723. The molecule has 0 spiro atoms. The van der Waals surface area contributed by atoms with Gasteiger partial charge in [0, 0.05) is 6.04 Å². The number of aliphatic carboxylic acids is 1. The predicted octanol–water partition coefficient (Wildman–Crippen LogP) is 2.57. The van der Waals surface area contributed by atoms with Crippen molar-refractivity contribution in [2.24, 2.45) is 0 Å². The minimum atomic E-state index is -3.19. The van der Waals surface area contributed by atoms with Crippen LogP contribution in [0.4, 0.5) is 0 Å². The van der Waals surface area contributed by atoms with E-state index in [0.717, 1.165) is 32.2 Å². The summed E-state index contributed by atoms with van der Waals surface area (Å²) >= 11 is 11.9. The molecule has 2 rings (SSSR count). The second kappa shape index (κ2) is 8.68. The van der Waals surface area contributed by atoms with E-state index in [0.29, 0.717) is 28.6 Å². The number of hydrogen-bond donors (Lipinski definition) is 2. The van der Waals surface area contributed by atoms with Gasteiger partial charge in [-0.15, -0.1) is 0 Å². The highest BCUT2D eigenvalue weighted by atomic mass is 35.5. The Labute approximate surface area is 158 Å². The van der Waals surface area contributed by atoms with Gasteiger partial charge in [-0.05, 0) is 56.6 Å². The Morgan fingerprint density at radius 3 is 2.48 bits per heavy atom. The smallest absolute Gasteiger partial charge is 0.311 e. The van der Waals surface area contributed by atoms with Gasteiger partial charge in [0.25, 0.3) is 0 Å². The molecule has 1 heterocycles. The maximum Gasteiger partial charge on any atom is 0.311 e. The van der Waals surface area contributed by atoms with Crippen LogP contribution in [-0.4, -0.2) is 56.3 Å². The summed E-state index contributed by atoms with van der Waals surface area (Å²) in [4.78, 5) is 13.8. The van der Waals surface area contributed by atoms with Crippen LogP contribution in [0.25, 0.3) is 0 Å². The number of benzene rings is 1. The second-order valence-corrected chi connectivity index (χ2v) is 8.95. The zero-order chi connectivity index (χ0) is 18.6. The molecule has 0 bridgehead atoms. The van der Waals surface area contributed by atoms with E-state index in [-0.39, 0.29) is 6.04 Å². The monoisotopic (exact) mass is 408 g/mol. The zero-order valence-corrected chi connectivity index (χ0v) is 16.2. The molecule has 2 N–H and O–H groups in total. The first-order chi connectivity index (χ1) is 11.7. The van der Waals surface area contributed by atoms with Crippen LogP contribution in [0.2, 0.25) is 10.0 Å². The van der Waals surface area contributed by atoms with Crippen molar-refractivity contribution in [1.82, 2.24) is 9.62 Å². The normalized spacial score (nSPS) is 18.2. The maximum atomic E-state index is 11.6. The van der Waals surface area contributed by atoms with Gasteiger partial charge in [-0.2, -0.15) is 0 Å². The number of hydrogen-bond acceptors (Lipinski definition) is 4. The van der Waals surface area contributed by atoms with Gasteiger partial charge in [-0.25, -0.2) is 13.1 Å². The van der Waals surface area contributed by atoms with Gasteiger partial charge >= 0.3 is 5.97 Å². The van der Waals surface area contributed by atoms with E-state index in [1.165, 1.54) is 0 Å². The number of sulfonamides is 1. The number of rotatable bonds is 7. The lowest BCUT2D eigenvalue weighted by Crippen LogP contribution is -2.44. The van der Waals surface area contributed by atoms with Crippen molar-refractivity contribution in [2.75, 3.05) is 25.9 Å². The number of halogens is 2. The molecule has 6 nitrogen and oxygen atoms in total. The molecule has 0 aromatic heterocycles. The molecular formula is C16H22Cl2N2O4S. The van der Waals surface area contributed by atoms with Gasteiger partial charge in [0.1, 0.15) is 0 Å². The van der Waals surface area contributed by atoms with Crippen LogP contribution in [0.5, 0.6) is 0 Å². The standard InChI is InChI=1S/C16H22Cl2N2O4S/c1-25(23,24)19-12-4-7-20(8-5-12)9-6-13(16(21)22)11-2-3-14(17)15(18)10-11/h2-3,10,12-13,19H,4-9H2,1H3,(H,21,22). The third-order valence-corrected chi connectivity index (χ3v) is 5.85. The van der Waals surface area contributed by atoms with Crippen LogP contribution in [0.1, 0.15) is 30.7 Å². The highest BCUT2D eigenvalue weighted by Crippen LogP contribution is 2.28. The Morgan fingerprint density at radius 2 is 1.96 bits per heavy atom. The first kappa shape index (κ1) is 20.5. The van der Waals surface area contributed by atoms with E-state index in [9.17, 15) is 18.3 Å². The molecule has 25 heavy (non-hydrogen) atoms. The maximum absolute atomic E-state index is 11.6. The summed E-state index contributed by atoms with van der Waals surface area (Å²) in [5, 5.41) is 10.3. The van der Waals surface area contributed by atoms with Gasteiger partial charge in [-0.1, -0.05) is 29.3 Å². The minimum absolute atomic E-state index is 0.0448. The van der Waals surface area contributed by atoms with Gasteiger partial charge in [0.15, 0.2) is 0 Å².